The van der Waals surface area contributed by atoms with E-state index in [1.54, 1.807) is 7.11 Å². The summed E-state index contributed by atoms with van der Waals surface area (Å²) in [4.78, 5) is 31.2. The zero-order valence-corrected chi connectivity index (χ0v) is 19.4. The molecule has 0 bridgehead atoms. The molecule has 0 saturated carbocycles. The van der Waals surface area contributed by atoms with Crippen molar-refractivity contribution in [2.45, 2.75) is 65.0 Å². The Kier molecular flexibility index (Phi) is 6.85. The normalized spacial score (nSPS) is 24.6. The van der Waals surface area contributed by atoms with Gasteiger partial charge in [0.15, 0.2) is 0 Å². The second-order valence-electron chi connectivity index (χ2n) is 9.56. The number of nitrogens with zero attached hydrogens (tertiary/aromatic N) is 3. The number of hydrogen-bond donors (Lipinski definition) is 0. The molecule has 0 N–H and O–H groups in total. The van der Waals surface area contributed by atoms with Crippen molar-refractivity contribution in [1.29, 1.82) is 0 Å². The van der Waals surface area contributed by atoms with Gasteiger partial charge in [-0.15, -0.1) is 0 Å². The number of hydrogen-bond acceptors (Lipinski definition) is 4. The maximum atomic E-state index is 12.7. The predicted octanol–water partition coefficient (Wildman–Crippen LogP) is 3.14. The minimum Gasteiger partial charge on any atom is -0.496 e. The molecular formula is C25H37N3O3. The van der Waals surface area contributed by atoms with Crippen LogP contribution in [0.1, 0.15) is 55.2 Å². The summed E-state index contributed by atoms with van der Waals surface area (Å²) in [5, 5.41) is 0. The lowest BCUT2D eigenvalue weighted by Gasteiger charge is -2.47. The average molecular weight is 428 g/mol. The van der Waals surface area contributed by atoms with Gasteiger partial charge in [-0.2, -0.15) is 0 Å². The molecule has 170 valence electrons. The number of likely N-dealkylation sites (tertiary alicyclic amines) is 3. The number of rotatable bonds is 7. The molecule has 6 nitrogen and oxygen atoms in total. The molecule has 3 heterocycles. The van der Waals surface area contributed by atoms with Crippen molar-refractivity contribution in [2.75, 3.05) is 39.8 Å². The summed E-state index contributed by atoms with van der Waals surface area (Å²) in [6.07, 6.45) is 5.29. The Bertz CT molecular complexity index is 824. The number of carbonyl (C=O) groups excluding carboxylic acids is 2. The number of piperidine rings is 2. The summed E-state index contributed by atoms with van der Waals surface area (Å²) in [7, 11) is 1.73. The second-order valence-corrected chi connectivity index (χ2v) is 9.56. The highest BCUT2D eigenvalue weighted by Gasteiger charge is 2.39. The van der Waals surface area contributed by atoms with Crippen molar-refractivity contribution < 1.29 is 14.3 Å². The van der Waals surface area contributed by atoms with Gasteiger partial charge in [-0.05, 0) is 68.2 Å². The van der Waals surface area contributed by atoms with Crippen molar-refractivity contribution in [2.24, 2.45) is 5.92 Å². The third-order valence-corrected chi connectivity index (χ3v) is 7.47. The third kappa shape index (κ3) is 4.89. The molecule has 3 fully saturated rings. The second kappa shape index (κ2) is 9.60. The first-order valence-corrected chi connectivity index (χ1v) is 11.9. The zero-order valence-electron chi connectivity index (χ0n) is 19.4. The quantitative estimate of drug-likeness (QED) is 0.671. The number of fused-ring (bicyclic) bond motifs is 1. The van der Waals surface area contributed by atoms with Gasteiger partial charge in [-0.3, -0.25) is 14.5 Å². The summed E-state index contributed by atoms with van der Waals surface area (Å²) in [5.74, 6) is 2.10. The fourth-order valence-electron chi connectivity index (χ4n) is 5.71. The third-order valence-electron chi connectivity index (χ3n) is 7.47. The van der Waals surface area contributed by atoms with E-state index in [2.05, 4.69) is 35.8 Å². The Labute approximate surface area is 186 Å². The lowest BCUT2D eigenvalue weighted by molar-refractivity contribution is -0.141. The standard InChI is InChI=1S/C25H37N3O3/c1-18-15-23(31-3)19(2)14-21(18)17-26-13-9-22-20(16-26)7-8-25(30)28(22)12-5-11-27-10-4-6-24(27)29/h14-15,20,22H,4-13,16-17H2,1-3H3/t20-,22+/m1/s1. The fraction of sp³-hybridized carbons (Fsp3) is 0.680. The van der Waals surface area contributed by atoms with Crippen LogP contribution in [0.15, 0.2) is 12.1 Å². The molecule has 6 heteroatoms. The summed E-state index contributed by atoms with van der Waals surface area (Å²) in [6, 6.07) is 4.77. The van der Waals surface area contributed by atoms with Crippen LogP contribution in [0.4, 0.5) is 0 Å². The van der Waals surface area contributed by atoms with Crippen LogP contribution in [0, 0.1) is 19.8 Å². The van der Waals surface area contributed by atoms with Crippen molar-refractivity contribution in [3.63, 3.8) is 0 Å². The number of aryl methyl sites for hydroxylation is 2. The van der Waals surface area contributed by atoms with Crippen LogP contribution in [0.3, 0.4) is 0 Å². The van der Waals surface area contributed by atoms with Gasteiger partial charge >= 0.3 is 0 Å². The zero-order chi connectivity index (χ0) is 22.0. The minimum absolute atomic E-state index is 0.278. The van der Waals surface area contributed by atoms with Crippen LogP contribution >= 0.6 is 0 Å². The van der Waals surface area contributed by atoms with Crippen molar-refractivity contribution in [3.05, 3.63) is 28.8 Å². The first-order valence-electron chi connectivity index (χ1n) is 11.9. The highest BCUT2D eigenvalue weighted by atomic mass is 16.5. The van der Waals surface area contributed by atoms with Gasteiger partial charge in [-0.25, -0.2) is 0 Å². The minimum atomic E-state index is 0.278. The summed E-state index contributed by atoms with van der Waals surface area (Å²) < 4.78 is 5.46. The van der Waals surface area contributed by atoms with Gasteiger partial charge in [-0.1, -0.05) is 6.07 Å². The SMILES string of the molecule is COc1cc(C)c(CN2CC[C@H]3[C@H](CCC(=O)N3CCCN3CCCC3=O)C2)cc1C. The highest BCUT2D eigenvalue weighted by molar-refractivity contribution is 5.78. The molecule has 3 saturated heterocycles. The van der Waals surface area contributed by atoms with Gasteiger partial charge in [0.05, 0.1) is 7.11 Å². The van der Waals surface area contributed by atoms with E-state index in [4.69, 9.17) is 4.74 Å². The van der Waals surface area contributed by atoms with Crippen molar-refractivity contribution in [1.82, 2.24) is 14.7 Å². The van der Waals surface area contributed by atoms with E-state index in [-0.39, 0.29) is 5.91 Å². The average Bonchev–Trinajstić information content (AvgIpc) is 3.16. The number of methoxy groups -OCH3 is 1. The summed E-state index contributed by atoms with van der Waals surface area (Å²) in [6.45, 7) is 9.79. The molecule has 0 unspecified atom stereocenters. The molecule has 0 radical (unpaired) electrons. The van der Waals surface area contributed by atoms with E-state index in [1.165, 1.54) is 16.7 Å². The maximum absolute atomic E-state index is 12.7. The molecule has 0 aliphatic carbocycles. The molecular weight excluding hydrogens is 390 g/mol. The van der Waals surface area contributed by atoms with Gasteiger partial charge in [0.2, 0.25) is 11.8 Å². The van der Waals surface area contributed by atoms with Crippen molar-refractivity contribution >= 4 is 11.8 Å². The maximum Gasteiger partial charge on any atom is 0.222 e. The lowest BCUT2D eigenvalue weighted by atomic mass is 9.83. The largest absolute Gasteiger partial charge is 0.496 e. The van der Waals surface area contributed by atoms with Crippen LogP contribution in [0.5, 0.6) is 5.75 Å². The highest BCUT2D eigenvalue weighted by Crippen LogP contribution is 2.33. The van der Waals surface area contributed by atoms with Crippen LogP contribution in [-0.4, -0.2) is 72.4 Å². The van der Waals surface area contributed by atoms with Gasteiger partial charge in [0.1, 0.15) is 5.75 Å². The molecule has 0 aromatic heterocycles. The molecule has 1 aromatic rings. The lowest BCUT2D eigenvalue weighted by Crippen LogP contribution is -2.56. The monoisotopic (exact) mass is 427 g/mol. The molecule has 2 atom stereocenters. The van der Waals surface area contributed by atoms with Crippen LogP contribution in [0.2, 0.25) is 0 Å². The molecule has 0 spiro atoms. The predicted molar refractivity (Wildman–Crippen MR) is 121 cm³/mol. The number of amides is 2. The van der Waals surface area contributed by atoms with Crippen LogP contribution < -0.4 is 4.74 Å². The summed E-state index contributed by atoms with van der Waals surface area (Å²) in [5.41, 5.74) is 3.83. The Hall–Kier alpha value is -2.08. The smallest absolute Gasteiger partial charge is 0.222 e. The summed E-state index contributed by atoms with van der Waals surface area (Å²) >= 11 is 0. The molecule has 2 amide bonds. The number of carbonyl (C=O) groups is 2. The topological polar surface area (TPSA) is 53.1 Å². The number of ether oxygens (including phenoxy) is 1. The molecule has 3 aliphatic rings. The fourth-order valence-corrected chi connectivity index (χ4v) is 5.71. The van der Waals surface area contributed by atoms with Gasteiger partial charge in [0.25, 0.3) is 0 Å². The van der Waals surface area contributed by atoms with E-state index in [9.17, 15) is 9.59 Å². The Morgan fingerprint density at radius 2 is 1.84 bits per heavy atom. The van der Waals surface area contributed by atoms with Crippen LogP contribution in [0.25, 0.3) is 0 Å². The van der Waals surface area contributed by atoms with E-state index in [0.717, 1.165) is 70.7 Å². The molecule has 4 rings (SSSR count). The molecule has 1 aromatic carbocycles. The van der Waals surface area contributed by atoms with E-state index >= 15 is 0 Å². The number of benzene rings is 1. The molecule has 3 aliphatic heterocycles. The van der Waals surface area contributed by atoms with Crippen molar-refractivity contribution in [3.8, 4) is 5.75 Å². The van der Waals surface area contributed by atoms with Crippen LogP contribution in [-0.2, 0) is 16.1 Å². The first-order chi connectivity index (χ1) is 15.0. The first kappa shape index (κ1) is 22.1. The van der Waals surface area contributed by atoms with E-state index < -0.39 is 0 Å². The van der Waals surface area contributed by atoms with E-state index in [1.807, 2.05) is 4.90 Å². The Morgan fingerprint density at radius 3 is 2.58 bits per heavy atom. The molecule has 31 heavy (non-hydrogen) atoms. The Balaban J connectivity index is 1.34. The van der Waals surface area contributed by atoms with Gasteiger partial charge in [0, 0.05) is 58.2 Å². The van der Waals surface area contributed by atoms with E-state index in [0.29, 0.717) is 30.7 Å². The Morgan fingerprint density at radius 1 is 1.00 bits per heavy atom. The van der Waals surface area contributed by atoms with Gasteiger partial charge < -0.3 is 14.5 Å².